The van der Waals surface area contributed by atoms with Crippen molar-refractivity contribution in [3.8, 4) is 0 Å². The van der Waals surface area contributed by atoms with Gasteiger partial charge in [-0.3, -0.25) is 14.4 Å². The molecular formula is C29H28N2O3S2. The van der Waals surface area contributed by atoms with Gasteiger partial charge in [0, 0.05) is 22.0 Å². The third-order valence-corrected chi connectivity index (χ3v) is 8.37. The first-order valence-electron chi connectivity index (χ1n) is 11.7. The van der Waals surface area contributed by atoms with Gasteiger partial charge in [0.05, 0.1) is 10.1 Å². The van der Waals surface area contributed by atoms with Crippen LogP contribution in [-0.4, -0.2) is 19.6 Å². The van der Waals surface area contributed by atoms with Crippen LogP contribution in [0, 0.1) is 6.92 Å². The van der Waals surface area contributed by atoms with E-state index < -0.39 is 10.0 Å². The minimum atomic E-state index is -3.67. The maximum atomic E-state index is 13.7. The molecule has 0 bridgehead atoms. The van der Waals surface area contributed by atoms with E-state index in [-0.39, 0.29) is 16.1 Å². The molecule has 0 aliphatic carbocycles. The Morgan fingerprint density at radius 1 is 0.806 bits per heavy atom. The van der Waals surface area contributed by atoms with Crippen LogP contribution < -0.4 is 9.62 Å². The van der Waals surface area contributed by atoms with Gasteiger partial charge in [-0.05, 0) is 74.0 Å². The molecule has 4 aromatic rings. The zero-order valence-corrected chi connectivity index (χ0v) is 21.8. The van der Waals surface area contributed by atoms with E-state index in [4.69, 9.17) is 0 Å². The highest BCUT2D eigenvalue weighted by molar-refractivity contribution is 8.00. The van der Waals surface area contributed by atoms with Gasteiger partial charge in [0.2, 0.25) is 5.91 Å². The van der Waals surface area contributed by atoms with Crippen LogP contribution >= 0.6 is 11.8 Å². The van der Waals surface area contributed by atoms with E-state index in [1.807, 2.05) is 86.6 Å². The van der Waals surface area contributed by atoms with Crippen molar-refractivity contribution in [2.45, 2.75) is 35.3 Å². The van der Waals surface area contributed by atoms with Crippen LogP contribution in [0.25, 0.3) is 0 Å². The molecule has 0 aromatic heterocycles. The van der Waals surface area contributed by atoms with E-state index >= 15 is 0 Å². The van der Waals surface area contributed by atoms with Gasteiger partial charge < -0.3 is 0 Å². The molecule has 1 atom stereocenters. The van der Waals surface area contributed by atoms with E-state index in [1.165, 1.54) is 11.8 Å². The molecule has 36 heavy (non-hydrogen) atoms. The van der Waals surface area contributed by atoms with Gasteiger partial charge in [-0.2, -0.15) is 0 Å². The SMILES string of the molecule is CCC(Sc1ccc(NS(=O)(=O)c2ccc(C)cc2)cc1)C(=O)N(c1ccccc1)c1ccccc1. The van der Waals surface area contributed by atoms with Crippen molar-refractivity contribution in [2.75, 3.05) is 9.62 Å². The number of aryl methyl sites for hydroxylation is 1. The van der Waals surface area contributed by atoms with Crippen LogP contribution in [0.4, 0.5) is 17.1 Å². The smallest absolute Gasteiger partial charge is 0.261 e. The first-order chi connectivity index (χ1) is 17.4. The molecule has 0 heterocycles. The number of nitrogens with zero attached hydrogens (tertiary/aromatic N) is 1. The summed E-state index contributed by atoms with van der Waals surface area (Å²) in [7, 11) is -3.67. The Hall–Kier alpha value is -3.55. The van der Waals surface area contributed by atoms with E-state index in [0.717, 1.165) is 21.8 Å². The molecule has 0 aliphatic heterocycles. The number of benzene rings is 4. The second-order valence-electron chi connectivity index (χ2n) is 8.30. The predicted molar refractivity (Wildman–Crippen MR) is 148 cm³/mol. The summed E-state index contributed by atoms with van der Waals surface area (Å²) in [6.07, 6.45) is 0.640. The lowest BCUT2D eigenvalue weighted by Crippen LogP contribution is -2.34. The van der Waals surface area contributed by atoms with Crippen LogP contribution in [0.15, 0.2) is 119 Å². The van der Waals surface area contributed by atoms with Gasteiger partial charge in [0.15, 0.2) is 0 Å². The van der Waals surface area contributed by atoms with Crippen LogP contribution in [0.2, 0.25) is 0 Å². The molecule has 5 nitrogen and oxygen atoms in total. The van der Waals surface area contributed by atoms with E-state index in [1.54, 1.807) is 41.3 Å². The molecule has 4 aromatic carbocycles. The molecule has 0 saturated heterocycles. The van der Waals surface area contributed by atoms with E-state index in [2.05, 4.69) is 4.72 Å². The monoisotopic (exact) mass is 516 g/mol. The summed E-state index contributed by atoms with van der Waals surface area (Å²) in [5, 5.41) is -0.319. The second kappa shape index (κ2) is 11.5. The second-order valence-corrected chi connectivity index (χ2v) is 11.3. The van der Waals surface area contributed by atoms with Gasteiger partial charge in [0.25, 0.3) is 10.0 Å². The van der Waals surface area contributed by atoms with Crippen molar-refractivity contribution < 1.29 is 13.2 Å². The lowest BCUT2D eigenvalue weighted by atomic mass is 10.2. The molecule has 0 aliphatic rings. The minimum absolute atomic E-state index is 0.0101. The number of carbonyl (C=O) groups excluding carboxylic acids is 1. The van der Waals surface area contributed by atoms with Crippen molar-refractivity contribution >= 4 is 44.8 Å². The summed E-state index contributed by atoms with van der Waals surface area (Å²) in [6.45, 7) is 3.90. The molecule has 1 N–H and O–H groups in total. The van der Waals surface area contributed by atoms with Crippen molar-refractivity contribution in [3.63, 3.8) is 0 Å². The standard InChI is InChI=1S/C29H28N2O3S2/c1-3-28(29(32)31(24-10-6-4-7-11-24)25-12-8-5-9-13-25)35-26-18-16-23(17-19-26)30-36(33,34)27-20-14-22(2)15-21-27/h4-21,28,30H,3H2,1-2H3. The number of hydrogen-bond acceptors (Lipinski definition) is 4. The van der Waals surface area contributed by atoms with Gasteiger partial charge in [-0.1, -0.05) is 61.0 Å². The number of nitrogens with one attached hydrogen (secondary N) is 1. The molecule has 7 heteroatoms. The summed E-state index contributed by atoms with van der Waals surface area (Å²) in [4.78, 5) is 16.6. The van der Waals surface area contributed by atoms with Crippen molar-refractivity contribution in [1.82, 2.24) is 0 Å². The lowest BCUT2D eigenvalue weighted by molar-refractivity contribution is -0.117. The Bertz CT molecular complexity index is 1350. The topological polar surface area (TPSA) is 66.5 Å². The Morgan fingerprint density at radius 3 is 1.83 bits per heavy atom. The molecule has 0 radical (unpaired) electrons. The van der Waals surface area contributed by atoms with E-state index in [0.29, 0.717) is 12.1 Å². The largest absolute Gasteiger partial charge is 0.280 e. The van der Waals surface area contributed by atoms with Gasteiger partial charge in [-0.15, -0.1) is 11.8 Å². The highest BCUT2D eigenvalue weighted by atomic mass is 32.2. The van der Waals surface area contributed by atoms with Crippen molar-refractivity contribution in [2.24, 2.45) is 0 Å². The Balaban J connectivity index is 1.51. The molecular weight excluding hydrogens is 488 g/mol. The highest BCUT2D eigenvalue weighted by Gasteiger charge is 2.26. The predicted octanol–water partition coefficient (Wildman–Crippen LogP) is 7.03. The number of hydrogen-bond donors (Lipinski definition) is 1. The Labute approximate surface area is 217 Å². The van der Waals surface area contributed by atoms with E-state index in [9.17, 15) is 13.2 Å². The number of thioether (sulfide) groups is 1. The van der Waals surface area contributed by atoms with Crippen LogP contribution in [-0.2, 0) is 14.8 Å². The number of anilines is 3. The number of amides is 1. The molecule has 0 spiro atoms. The maximum absolute atomic E-state index is 13.7. The molecule has 0 fully saturated rings. The normalized spacial score (nSPS) is 12.1. The number of carbonyl (C=O) groups is 1. The summed E-state index contributed by atoms with van der Waals surface area (Å²) >= 11 is 1.47. The average Bonchev–Trinajstić information content (AvgIpc) is 2.89. The highest BCUT2D eigenvalue weighted by Crippen LogP contribution is 2.33. The van der Waals surface area contributed by atoms with Gasteiger partial charge >= 0.3 is 0 Å². The summed E-state index contributed by atoms with van der Waals surface area (Å²) < 4.78 is 28.0. The zero-order chi connectivity index (χ0) is 25.5. The molecule has 0 saturated carbocycles. The molecule has 4 rings (SSSR count). The summed E-state index contributed by atoms with van der Waals surface area (Å²) in [6, 6.07) is 33.1. The lowest BCUT2D eigenvalue weighted by Gasteiger charge is -2.27. The minimum Gasteiger partial charge on any atom is -0.280 e. The summed E-state index contributed by atoms with van der Waals surface area (Å²) in [5.74, 6) is -0.0101. The first kappa shape index (κ1) is 25.5. The van der Waals surface area contributed by atoms with Crippen LogP contribution in [0.1, 0.15) is 18.9 Å². The number of sulfonamides is 1. The quantitative estimate of drug-likeness (QED) is 0.243. The van der Waals surface area contributed by atoms with Crippen molar-refractivity contribution in [3.05, 3.63) is 115 Å². The van der Waals surface area contributed by atoms with Crippen LogP contribution in [0.5, 0.6) is 0 Å². The maximum Gasteiger partial charge on any atom is 0.261 e. The number of para-hydroxylation sites is 2. The fourth-order valence-corrected chi connectivity index (χ4v) is 5.76. The third-order valence-electron chi connectivity index (χ3n) is 5.61. The first-order valence-corrected chi connectivity index (χ1v) is 14.0. The van der Waals surface area contributed by atoms with Gasteiger partial charge in [-0.25, -0.2) is 8.42 Å². The molecule has 184 valence electrons. The van der Waals surface area contributed by atoms with Gasteiger partial charge in [0.1, 0.15) is 0 Å². The fraction of sp³-hybridized carbons (Fsp3) is 0.138. The fourth-order valence-electron chi connectivity index (χ4n) is 3.71. The summed E-state index contributed by atoms with van der Waals surface area (Å²) in [5.41, 5.74) is 3.09. The third kappa shape index (κ3) is 6.17. The van der Waals surface area contributed by atoms with Crippen molar-refractivity contribution in [1.29, 1.82) is 0 Å². The molecule has 1 unspecified atom stereocenters. The molecule has 1 amide bonds. The average molecular weight is 517 g/mol. The number of rotatable bonds is 9. The Kier molecular flexibility index (Phi) is 8.13. The Morgan fingerprint density at radius 2 is 1.33 bits per heavy atom. The zero-order valence-electron chi connectivity index (χ0n) is 20.2. The van der Waals surface area contributed by atoms with Crippen LogP contribution in [0.3, 0.4) is 0 Å².